The van der Waals surface area contributed by atoms with Crippen molar-refractivity contribution in [2.24, 2.45) is 0 Å². The quantitative estimate of drug-likeness (QED) is 0.664. The molecule has 0 amide bonds. The predicted molar refractivity (Wildman–Crippen MR) is 115 cm³/mol. The Hall–Kier alpha value is -2.55. The highest BCUT2D eigenvalue weighted by Crippen LogP contribution is 2.32. The molecule has 5 rings (SSSR count). The van der Waals surface area contributed by atoms with Gasteiger partial charge in [0.2, 0.25) is 0 Å². The molecule has 1 unspecified atom stereocenters. The number of thiazole rings is 1. The van der Waals surface area contributed by atoms with Gasteiger partial charge in [0.05, 0.1) is 18.7 Å². The van der Waals surface area contributed by atoms with Crippen LogP contribution in [0.4, 0.5) is 11.5 Å². The van der Waals surface area contributed by atoms with Gasteiger partial charge in [-0.1, -0.05) is 6.08 Å². The van der Waals surface area contributed by atoms with Gasteiger partial charge in [-0.3, -0.25) is 0 Å². The number of ether oxygens (including phenoxy) is 1. The van der Waals surface area contributed by atoms with E-state index in [2.05, 4.69) is 49.0 Å². The Morgan fingerprint density at radius 2 is 1.97 bits per heavy atom. The number of aromatic nitrogens is 3. The highest BCUT2D eigenvalue weighted by molar-refractivity contribution is 7.09. The number of hydrogen-bond acceptors (Lipinski definition) is 8. The number of hydrogen-bond donors (Lipinski definition) is 1. The van der Waals surface area contributed by atoms with Gasteiger partial charge in [0.25, 0.3) is 0 Å². The maximum Gasteiger partial charge on any atom is 0.140 e. The minimum Gasteiger partial charge on any atom is -0.381 e. The fraction of sp³-hybridized carbons (Fsp3) is 0.381. The summed E-state index contributed by atoms with van der Waals surface area (Å²) in [6.45, 7) is 4.83. The van der Waals surface area contributed by atoms with Crippen molar-refractivity contribution in [2.45, 2.75) is 12.5 Å². The summed E-state index contributed by atoms with van der Waals surface area (Å²) in [6, 6.07) is 6.40. The summed E-state index contributed by atoms with van der Waals surface area (Å²) in [5.74, 6) is 0.917. The second-order valence-electron chi connectivity index (χ2n) is 7.26. The first-order valence-corrected chi connectivity index (χ1v) is 10.8. The first-order chi connectivity index (χ1) is 14.3. The molecular weight excluding hydrogens is 386 g/mol. The van der Waals surface area contributed by atoms with E-state index in [-0.39, 0.29) is 0 Å². The van der Waals surface area contributed by atoms with Crippen molar-refractivity contribution in [2.75, 3.05) is 49.2 Å². The second kappa shape index (κ2) is 8.06. The molecule has 1 N–H and O–H groups in total. The number of morpholine rings is 1. The molecular formula is C21H23N5O2S. The molecule has 7 nitrogen and oxygen atoms in total. The number of fused-ring (bicyclic) bond motifs is 1. The average molecular weight is 410 g/mol. The van der Waals surface area contributed by atoms with E-state index in [1.807, 2.05) is 5.38 Å². The molecule has 0 radical (unpaired) electrons. The Balaban J connectivity index is 1.42. The molecule has 2 aliphatic heterocycles. The molecule has 1 fully saturated rings. The number of aliphatic hydroxyl groups excluding tert-OH is 1. The summed E-state index contributed by atoms with van der Waals surface area (Å²) >= 11 is 1.48. The zero-order chi connectivity index (χ0) is 19.6. The fourth-order valence-electron chi connectivity index (χ4n) is 3.98. The molecule has 0 aliphatic carbocycles. The Bertz CT molecular complexity index is 1020. The van der Waals surface area contributed by atoms with E-state index in [0.717, 1.165) is 66.6 Å². The zero-order valence-corrected chi connectivity index (χ0v) is 16.9. The molecule has 0 bridgehead atoms. The summed E-state index contributed by atoms with van der Waals surface area (Å²) in [6.07, 6.45) is 5.71. The molecule has 3 aromatic rings. The van der Waals surface area contributed by atoms with Crippen LogP contribution in [0.25, 0.3) is 10.9 Å². The minimum absolute atomic E-state index is 0.637. The van der Waals surface area contributed by atoms with Crippen LogP contribution in [0.5, 0.6) is 0 Å². The third-order valence-corrected chi connectivity index (χ3v) is 6.32. The van der Waals surface area contributed by atoms with Gasteiger partial charge in [-0.15, -0.1) is 11.3 Å². The molecule has 150 valence electrons. The van der Waals surface area contributed by atoms with Gasteiger partial charge in [0, 0.05) is 48.8 Å². The van der Waals surface area contributed by atoms with Crippen LogP contribution in [0, 0.1) is 0 Å². The van der Waals surface area contributed by atoms with Crippen molar-refractivity contribution < 1.29 is 9.84 Å². The van der Waals surface area contributed by atoms with E-state index in [9.17, 15) is 5.11 Å². The highest BCUT2D eigenvalue weighted by Gasteiger charge is 2.23. The van der Waals surface area contributed by atoms with Gasteiger partial charge in [-0.2, -0.15) is 0 Å². The minimum atomic E-state index is -0.654. The van der Waals surface area contributed by atoms with Crippen LogP contribution in [0.2, 0.25) is 0 Å². The lowest BCUT2D eigenvalue weighted by atomic mass is 10.0. The molecule has 2 aromatic heterocycles. The molecule has 0 spiro atoms. The third kappa shape index (κ3) is 3.71. The molecule has 1 atom stereocenters. The summed E-state index contributed by atoms with van der Waals surface area (Å²) in [5.41, 5.74) is 3.09. The van der Waals surface area contributed by atoms with E-state index in [1.54, 1.807) is 12.5 Å². The molecule has 29 heavy (non-hydrogen) atoms. The molecule has 1 saturated heterocycles. The van der Waals surface area contributed by atoms with Crippen LogP contribution in [-0.4, -0.2) is 59.5 Å². The van der Waals surface area contributed by atoms with E-state index in [0.29, 0.717) is 6.54 Å². The fourth-order valence-corrected chi connectivity index (χ4v) is 4.64. The van der Waals surface area contributed by atoms with Gasteiger partial charge in [-0.05, 0) is 30.2 Å². The van der Waals surface area contributed by atoms with Crippen molar-refractivity contribution in [3.05, 3.63) is 52.8 Å². The molecule has 8 heteroatoms. The van der Waals surface area contributed by atoms with Crippen LogP contribution in [-0.2, 0) is 4.74 Å². The van der Waals surface area contributed by atoms with Crippen LogP contribution < -0.4 is 9.80 Å². The van der Waals surface area contributed by atoms with E-state index >= 15 is 0 Å². The van der Waals surface area contributed by atoms with E-state index < -0.39 is 6.10 Å². The summed E-state index contributed by atoms with van der Waals surface area (Å²) in [7, 11) is 0. The highest BCUT2D eigenvalue weighted by atomic mass is 32.1. The maximum absolute atomic E-state index is 10.7. The maximum atomic E-state index is 10.7. The second-order valence-corrected chi connectivity index (χ2v) is 8.19. The van der Waals surface area contributed by atoms with Crippen LogP contribution in [0.1, 0.15) is 17.5 Å². The Morgan fingerprint density at radius 1 is 1.07 bits per heavy atom. The summed E-state index contributed by atoms with van der Waals surface area (Å²) in [5, 5.41) is 14.4. The van der Waals surface area contributed by atoms with Gasteiger partial charge >= 0.3 is 0 Å². The van der Waals surface area contributed by atoms with Crippen molar-refractivity contribution in [1.82, 2.24) is 15.0 Å². The van der Waals surface area contributed by atoms with Crippen LogP contribution in [0.15, 0.2) is 47.8 Å². The zero-order valence-electron chi connectivity index (χ0n) is 16.1. The monoisotopic (exact) mass is 409 g/mol. The number of aliphatic hydroxyl groups is 1. The topological polar surface area (TPSA) is 74.6 Å². The largest absolute Gasteiger partial charge is 0.381 e. The Labute approximate surface area is 173 Å². The lowest BCUT2D eigenvalue weighted by molar-refractivity contribution is 0.122. The number of nitrogens with zero attached hydrogens (tertiary/aromatic N) is 5. The summed E-state index contributed by atoms with van der Waals surface area (Å²) < 4.78 is 5.46. The predicted octanol–water partition coefficient (Wildman–Crippen LogP) is 2.79. The third-order valence-electron chi connectivity index (χ3n) is 5.49. The van der Waals surface area contributed by atoms with E-state index in [1.165, 1.54) is 17.0 Å². The van der Waals surface area contributed by atoms with Gasteiger partial charge in [0.1, 0.15) is 23.3 Å². The number of anilines is 2. The molecule has 0 saturated carbocycles. The molecule has 4 heterocycles. The van der Waals surface area contributed by atoms with E-state index in [4.69, 9.17) is 4.74 Å². The number of rotatable bonds is 4. The van der Waals surface area contributed by atoms with Crippen molar-refractivity contribution in [1.29, 1.82) is 0 Å². The van der Waals surface area contributed by atoms with Gasteiger partial charge in [0.15, 0.2) is 0 Å². The van der Waals surface area contributed by atoms with Crippen molar-refractivity contribution in [3.63, 3.8) is 0 Å². The van der Waals surface area contributed by atoms with Crippen LogP contribution >= 0.6 is 11.3 Å². The molecule has 2 aliphatic rings. The Kier molecular flexibility index (Phi) is 5.13. The van der Waals surface area contributed by atoms with Crippen molar-refractivity contribution in [3.8, 4) is 0 Å². The van der Waals surface area contributed by atoms with Crippen LogP contribution in [0.3, 0.4) is 0 Å². The van der Waals surface area contributed by atoms with Gasteiger partial charge < -0.3 is 19.6 Å². The Morgan fingerprint density at radius 3 is 2.79 bits per heavy atom. The molecule has 1 aromatic carbocycles. The van der Waals surface area contributed by atoms with Gasteiger partial charge in [-0.25, -0.2) is 15.0 Å². The standard InChI is InChI=1S/C21H23N5O2S/c27-19(21-22-5-11-29-21)15-2-1-6-26(13-15)20-17-4-3-16(12-18(17)23-14-24-20)25-7-9-28-10-8-25/h2-5,11-12,14,19,27H,1,6-10,13H2. The SMILES string of the molecule is OC(C1=CCCN(c2ncnc3cc(N4CCOCC4)ccc23)C1)c1nccs1. The number of benzene rings is 1. The smallest absolute Gasteiger partial charge is 0.140 e. The lowest BCUT2D eigenvalue weighted by Crippen LogP contribution is -2.36. The average Bonchev–Trinajstić information content (AvgIpc) is 3.33. The lowest BCUT2D eigenvalue weighted by Gasteiger charge is -2.31. The summed E-state index contributed by atoms with van der Waals surface area (Å²) in [4.78, 5) is 17.9. The first-order valence-electron chi connectivity index (χ1n) is 9.88. The van der Waals surface area contributed by atoms with Crippen molar-refractivity contribution >= 4 is 33.7 Å². The first kappa shape index (κ1) is 18.5. The normalized spacial score (nSPS) is 18.7.